The monoisotopic (exact) mass is 297 g/mol. The Morgan fingerprint density at radius 2 is 1.86 bits per heavy atom. The van der Waals surface area contributed by atoms with Crippen LogP contribution in [0.15, 0.2) is 36.4 Å². The van der Waals surface area contributed by atoms with E-state index >= 15 is 0 Å². The average Bonchev–Trinajstić information content (AvgIpc) is 2.50. The van der Waals surface area contributed by atoms with Crippen molar-refractivity contribution in [1.82, 2.24) is 0 Å². The molecule has 0 saturated heterocycles. The van der Waals surface area contributed by atoms with Crippen LogP contribution in [0.25, 0.3) is 0 Å². The molecule has 0 radical (unpaired) electrons. The van der Waals surface area contributed by atoms with E-state index in [1.807, 2.05) is 26.8 Å². The average molecular weight is 297 g/mol. The Hall–Kier alpha value is -2.34. The quantitative estimate of drug-likeness (QED) is 0.792. The molecule has 0 aliphatic carbocycles. The molecule has 0 aliphatic heterocycles. The third-order valence-electron chi connectivity index (χ3n) is 3.93. The number of ether oxygens (including phenoxy) is 1. The summed E-state index contributed by atoms with van der Waals surface area (Å²) < 4.78 is 19.1. The molecule has 0 N–H and O–H groups in total. The fourth-order valence-electron chi connectivity index (χ4n) is 2.46. The van der Waals surface area contributed by atoms with E-state index in [1.165, 1.54) is 17.7 Å². The third-order valence-corrected chi connectivity index (χ3v) is 3.93. The molecule has 0 heterocycles. The lowest BCUT2D eigenvalue weighted by atomic mass is 9.97. The van der Waals surface area contributed by atoms with E-state index in [0.717, 1.165) is 16.9 Å². The number of rotatable bonds is 5. The molecule has 2 aromatic carbocycles. The lowest BCUT2D eigenvalue weighted by Crippen LogP contribution is -2.06. The Kier molecular flexibility index (Phi) is 5.16. The zero-order valence-electron chi connectivity index (χ0n) is 13.2. The van der Waals surface area contributed by atoms with Crippen LogP contribution in [0.1, 0.15) is 34.6 Å². The Bertz CT molecular complexity index is 703. The maximum absolute atomic E-state index is 13.3. The second-order valence-electron chi connectivity index (χ2n) is 5.53. The molecule has 3 heteroatoms. The normalized spacial score (nSPS) is 11.8. The molecule has 0 aromatic heterocycles. The van der Waals surface area contributed by atoms with Gasteiger partial charge in [0.2, 0.25) is 0 Å². The summed E-state index contributed by atoms with van der Waals surface area (Å²) in [6.45, 7) is 6.52. The van der Waals surface area contributed by atoms with Crippen LogP contribution in [0.3, 0.4) is 0 Å². The van der Waals surface area contributed by atoms with Crippen LogP contribution in [0.5, 0.6) is 5.75 Å². The van der Waals surface area contributed by atoms with E-state index in [2.05, 4.69) is 12.1 Å². The fraction of sp³-hybridized carbons (Fsp3) is 0.316. The summed E-state index contributed by atoms with van der Waals surface area (Å²) in [5.74, 6) is 0.209. The molecular formula is C19H20FNO. The van der Waals surface area contributed by atoms with Crippen molar-refractivity contribution in [2.45, 2.75) is 33.1 Å². The summed E-state index contributed by atoms with van der Waals surface area (Å²) in [5, 5.41) is 9.29. The first-order chi connectivity index (χ1) is 10.5. The number of hydrogen-bond donors (Lipinski definition) is 0. The molecule has 0 fully saturated rings. The summed E-state index contributed by atoms with van der Waals surface area (Å²) in [4.78, 5) is 0. The van der Waals surface area contributed by atoms with E-state index in [4.69, 9.17) is 4.74 Å². The molecule has 0 aliphatic rings. The van der Waals surface area contributed by atoms with E-state index in [-0.39, 0.29) is 11.7 Å². The minimum atomic E-state index is -0.360. The van der Waals surface area contributed by atoms with Crippen LogP contribution >= 0.6 is 0 Å². The van der Waals surface area contributed by atoms with Crippen molar-refractivity contribution in [3.05, 3.63) is 64.5 Å². The highest BCUT2D eigenvalue weighted by atomic mass is 19.1. The van der Waals surface area contributed by atoms with Crippen molar-refractivity contribution in [3.63, 3.8) is 0 Å². The number of aryl methyl sites for hydroxylation is 2. The second kappa shape index (κ2) is 7.09. The van der Waals surface area contributed by atoms with Gasteiger partial charge in [0, 0.05) is 6.42 Å². The molecule has 2 rings (SSSR count). The topological polar surface area (TPSA) is 33.0 Å². The van der Waals surface area contributed by atoms with Crippen LogP contribution in [0.4, 0.5) is 4.39 Å². The predicted molar refractivity (Wildman–Crippen MR) is 85.5 cm³/mol. The molecule has 0 saturated carbocycles. The Morgan fingerprint density at radius 3 is 2.55 bits per heavy atom. The van der Waals surface area contributed by atoms with Gasteiger partial charge in [-0.3, -0.25) is 0 Å². The maximum Gasteiger partial charge on any atom is 0.125 e. The van der Waals surface area contributed by atoms with Gasteiger partial charge in [-0.05, 0) is 55.2 Å². The maximum atomic E-state index is 13.3. The van der Waals surface area contributed by atoms with Crippen LogP contribution in [0.2, 0.25) is 0 Å². The Balaban J connectivity index is 2.04. The molecule has 0 bridgehead atoms. The van der Waals surface area contributed by atoms with Crippen molar-refractivity contribution in [2.75, 3.05) is 6.61 Å². The van der Waals surface area contributed by atoms with Gasteiger partial charge in [-0.15, -0.1) is 0 Å². The summed E-state index contributed by atoms with van der Waals surface area (Å²) in [6.07, 6.45) is 0.534. The van der Waals surface area contributed by atoms with Crippen LogP contribution in [-0.4, -0.2) is 6.61 Å². The first kappa shape index (κ1) is 16.0. The lowest BCUT2D eigenvalue weighted by molar-refractivity contribution is 0.301. The van der Waals surface area contributed by atoms with E-state index in [1.54, 1.807) is 12.1 Å². The zero-order chi connectivity index (χ0) is 16.1. The van der Waals surface area contributed by atoms with E-state index in [0.29, 0.717) is 18.6 Å². The summed E-state index contributed by atoms with van der Waals surface area (Å²) in [5.41, 5.74) is 4.09. The van der Waals surface area contributed by atoms with Gasteiger partial charge in [-0.25, -0.2) is 4.39 Å². The standard InChI is InChI=1S/C19H20FNO/c1-13-7-8-14(2)19(15(13)3)22-10-9-17(12-21)16-5-4-6-18(20)11-16/h4-8,11,17H,9-10H2,1-3H3. The number of nitrogens with zero attached hydrogens (tertiary/aromatic N) is 1. The van der Waals surface area contributed by atoms with Crippen molar-refractivity contribution in [2.24, 2.45) is 0 Å². The van der Waals surface area contributed by atoms with Crippen LogP contribution in [-0.2, 0) is 0 Å². The summed E-state index contributed by atoms with van der Waals surface area (Å²) >= 11 is 0. The van der Waals surface area contributed by atoms with Gasteiger partial charge in [0.15, 0.2) is 0 Å². The van der Waals surface area contributed by atoms with Gasteiger partial charge < -0.3 is 4.74 Å². The molecular weight excluding hydrogens is 277 g/mol. The highest BCUT2D eigenvalue weighted by molar-refractivity contribution is 5.44. The van der Waals surface area contributed by atoms with Crippen molar-refractivity contribution in [1.29, 1.82) is 5.26 Å². The first-order valence-electron chi connectivity index (χ1n) is 7.37. The van der Waals surface area contributed by atoms with Crippen LogP contribution < -0.4 is 4.74 Å². The minimum absolute atomic E-state index is 0.316. The molecule has 22 heavy (non-hydrogen) atoms. The number of halogens is 1. The van der Waals surface area contributed by atoms with Gasteiger partial charge >= 0.3 is 0 Å². The van der Waals surface area contributed by atoms with Gasteiger partial charge in [0.25, 0.3) is 0 Å². The van der Waals surface area contributed by atoms with Gasteiger partial charge in [0.1, 0.15) is 11.6 Å². The molecule has 0 amide bonds. The molecule has 114 valence electrons. The lowest BCUT2D eigenvalue weighted by Gasteiger charge is -2.15. The molecule has 0 spiro atoms. The fourth-order valence-corrected chi connectivity index (χ4v) is 2.46. The van der Waals surface area contributed by atoms with E-state index in [9.17, 15) is 9.65 Å². The highest BCUT2D eigenvalue weighted by Gasteiger charge is 2.13. The van der Waals surface area contributed by atoms with Crippen molar-refractivity contribution in [3.8, 4) is 11.8 Å². The Labute approximate surface area is 131 Å². The van der Waals surface area contributed by atoms with Crippen LogP contribution in [0, 0.1) is 37.9 Å². The summed E-state index contributed by atoms with van der Waals surface area (Å²) in [6, 6.07) is 12.5. The minimum Gasteiger partial charge on any atom is -0.493 e. The van der Waals surface area contributed by atoms with Crippen molar-refractivity contribution < 1.29 is 9.13 Å². The number of hydrogen-bond acceptors (Lipinski definition) is 2. The number of benzene rings is 2. The molecule has 1 atom stereocenters. The largest absolute Gasteiger partial charge is 0.493 e. The zero-order valence-corrected chi connectivity index (χ0v) is 13.2. The highest BCUT2D eigenvalue weighted by Crippen LogP contribution is 2.27. The molecule has 2 aromatic rings. The van der Waals surface area contributed by atoms with Gasteiger partial charge in [0.05, 0.1) is 18.6 Å². The predicted octanol–water partition coefficient (Wildman–Crippen LogP) is 4.83. The Morgan fingerprint density at radius 1 is 1.14 bits per heavy atom. The SMILES string of the molecule is Cc1ccc(C)c(OCCC(C#N)c2cccc(F)c2)c1C. The third kappa shape index (κ3) is 3.65. The van der Waals surface area contributed by atoms with Gasteiger partial charge in [-0.1, -0.05) is 24.3 Å². The van der Waals surface area contributed by atoms with Crippen molar-refractivity contribution >= 4 is 0 Å². The first-order valence-corrected chi connectivity index (χ1v) is 7.37. The smallest absolute Gasteiger partial charge is 0.125 e. The molecule has 2 nitrogen and oxygen atoms in total. The van der Waals surface area contributed by atoms with Gasteiger partial charge in [-0.2, -0.15) is 5.26 Å². The number of nitriles is 1. The summed E-state index contributed by atoms with van der Waals surface area (Å²) in [7, 11) is 0. The van der Waals surface area contributed by atoms with E-state index < -0.39 is 0 Å². The molecule has 1 unspecified atom stereocenters. The second-order valence-corrected chi connectivity index (χ2v) is 5.53.